The largest absolute Gasteiger partial charge is 0.459 e. The van der Waals surface area contributed by atoms with Gasteiger partial charge in [-0.2, -0.15) is 0 Å². The van der Waals surface area contributed by atoms with Gasteiger partial charge in [-0.25, -0.2) is 0 Å². The first kappa shape index (κ1) is 27.3. The number of hydrogen-bond donors (Lipinski definition) is 0. The van der Waals surface area contributed by atoms with Gasteiger partial charge in [0.1, 0.15) is 17.2 Å². The Bertz CT molecular complexity index is 2530. The Kier molecular flexibility index (Phi) is 6.29. The monoisotopic (exact) mass is 607 g/mol. The zero-order chi connectivity index (χ0) is 31.5. The normalized spacial score (nSPS) is 12.3. The quantitative estimate of drug-likeness (QED) is 0.188. The van der Waals surface area contributed by atoms with E-state index < -0.39 is 0 Å². The zero-order valence-corrected chi connectivity index (χ0v) is 26.4. The molecular formula is C43H33N3O. The van der Waals surface area contributed by atoms with Gasteiger partial charge in [-0.1, -0.05) is 109 Å². The van der Waals surface area contributed by atoms with E-state index >= 15 is 0 Å². The first-order valence-corrected chi connectivity index (χ1v) is 16.1. The SMILES string of the molecule is CN(C)/C(=C\c1c(Cn2c3ccccc3c3ccccc32)oc2ccc(-c3ccccc3)cc12)n1c2ccccc2c2ccccc21. The summed E-state index contributed by atoms with van der Waals surface area (Å²) in [5.41, 5.74) is 9.07. The molecule has 0 saturated carbocycles. The van der Waals surface area contributed by atoms with Crippen LogP contribution in [0.3, 0.4) is 0 Å². The lowest BCUT2D eigenvalue weighted by Crippen LogP contribution is -2.15. The summed E-state index contributed by atoms with van der Waals surface area (Å²) in [4.78, 5) is 2.21. The van der Waals surface area contributed by atoms with Crippen molar-refractivity contribution < 1.29 is 4.42 Å². The number of benzene rings is 6. The summed E-state index contributed by atoms with van der Waals surface area (Å²) in [5.74, 6) is 2.00. The molecule has 9 aromatic rings. The van der Waals surface area contributed by atoms with Crippen LogP contribution in [0.1, 0.15) is 11.3 Å². The molecule has 0 aliphatic rings. The number of aromatic nitrogens is 2. The molecule has 3 heterocycles. The van der Waals surface area contributed by atoms with Crippen molar-refractivity contribution in [3.63, 3.8) is 0 Å². The highest BCUT2D eigenvalue weighted by Gasteiger charge is 2.21. The Hall–Kier alpha value is -6.00. The first-order chi connectivity index (χ1) is 23.2. The molecule has 0 atom stereocenters. The van der Waals surface area contributed by atoms with Gasteiger partial charge in [0.15, 0.2) is 0 Å². The highest BCUT2D eigenvalue weighted by molar-refractivity contribution is 6.11. The number of fused-ring (bicyclic) bond motifs is 7. The Balaban J connectivity index is 1.33. The molecule has 47 heavy (non-hydrogen) atoms. The van der Waals surface area contributed by atoms with Crippen LogP contribution in [-0.2, 0) is 6.54 Å². The predicted molar refractivity (Wildman–Crippen MR) is 197 cm³/mol. The molecule has 9 rings (SSSR count). The first-order valence-electron chi connectivity index (χ1n) is 16.1. The van der Waals surface area contributed by atoms with E-state index in [1.54, 1.807) is 0 Å². The zero-order valence-electron chi connectivity index (χ0n) is 26.4. The Labute approximate surface area is 273 Å². The minimum Gasteiger partial charge on any atom is -0.459 e. The molecule has 0 radical (unpaired) electrons. The van der Waals surface area contributed by atoms with E-state index in [2.05, 4.69) is 180 Å². The molecule has 4 nitrogen and oxygen atoms in total. The van der Waals surface area contributed by atoms with Crippen LogP contribution < -0.4 is 0 Å². The van der Waals surface area contributed by atoms with Crippen LogP contribution in [0.5, 0.6) is 0 Å². The maximum Gasteiger partial charge on any atom is 0.135 e. The minimum atomic E-state index is 0.600. The fraction of sp³-hybridized carbons (Fsp3) is 0.0698. The smallest absolute Gasteiger partial charge is 0.135 e. The topological polar surface area (TPSA) is 26.2 Å². The van der Waals surface area contributed by atoms with Gasteiger partial charge in [-0.3, -0.25) is 4.57 Å². The fourth-order valence-corrected chi connectivity index (χ4v) is 7.26. The summed E-state index contributed by atoms with van der Waals surface area (Å²) < 4.78 is 11.6. The van der Waals surface area contributed by atoms with Crippen molar-refractivity contribution in [3.05, 3.63) is 157 Å². The van der Waals surface area contributed by atoms with E-state index in [0.717, 1.165) is 28.1 Å². The van der Waals surface area contributed by atoms with Crippen molar-refractivity contribution in [2.75, 3.05) is 14.1 Å². The predicted octanol–water partition coefficient (Wildman–Crippen LogP) is 10.9. The molecule has 6 aromatic carbocycles. The lowest BCUT2D eigenvalue weighted by molar-refractivity contribution is 0.534. The molecule has 0 aliphatic heterocycles. The molecule has 0 aliphatic carbocycles. The van der Waals surface area contributed by atoms with Crippen LogP contribution in [0.4, 0.5) is 0 Å². The van der Waals surface area contributed by atoms with Crippen LogP contribution in [0.25, 0.3) is 77.6 Å². The molecule has 4 heteroatoms. The lowest BCUT2D eigenvalue weighted by Gasteiger charge is -2.21. The highest BCUT2D eigenvalue weighted by Crippen LogP contribution is 2.38. The molecule has 0 saturated heterocycles. The molecule has 0 N–H and O–H groups in total. The van der Waals surface area contributed by atoms with Gasteiger partial charge < -0.3 is 13.9 Å². The number of para-hydroxylation sites is 4. The summed E-state index contributed by atoms with van der Waals surface area (Å²) in [6.07, 6.45) is 2.32. The third kappa shape index (κ3) is 4.37. The molecule has 0 spiro atoms. The second-order valence-electron chi connectivity index (χ2n) is 12.4. The van der Waals surface area contributed by atoms with Gasteiger partial charge in [0.05, 0.1) is 17.6 Å². The van der Waals surface area contributed by atoms with E-state index in [1.807, 2.05) is 0 Å². The molecule has 0 amide bonds. The molecule has 0 fully saturated rings. The lowest BCUT2D eigenvalue weighted by atomic mass is 10.0. The van der Waals surface area contributed by atoms with Crippen molar-refractivity contribution in [2.24, 2.45) is 0 Å². The summed E-state index contributed by atoms with van der Waals surface area (Å²) in [6, 6.07) is 51.8. The van der Waals surface area contributed by atoms with Crippen LogP contribution in [0, 0.1) is 0 Å². The second kappa shape index (κ2) is 10.8. The van der Waals surface area contributed by atoms with Gasteiger partial charge >= 0.3 is 0 Å². The fourth-order valence-electron chi connectivity index (χ4n) is 7.26. The van der Waals surface area contributed by atoms with Crippen molar-refractivity contribution in [3.8, 4) is 11.1 Å². The summed E-state index contributed by atoms with van der Waals surface area (Å²) in [6.45, 7) is 0.600. The van der Waals surface area contributed by atoms with Crippen LogP contribution in [0.15, 0.2) is 150 Å². The number of nitrogens with zero attached hydrogens (tertiary/aromatic N) is 3. The van der Waals surface area contributed by atoms with Gasteiger partial charge in [0, 0.05) is 57.6 Å². The maximum atomic E-state index is 6.84. The van der Waals surface area contributed by atoms with E-state index in [9.17, 15) is 0 Å². The Morgan fingerprint density at radius 3 is 1.64 bits per heavy atom. The van der Waals surface area contributed by atoms with Crippen molar-refractivity contribution >= 4 is 66.5 Å². The van der Waals surface area contributed by atoms with Gasteiger partial charge in [0.25, 0.3) is 0 Å². The average Bonchev–Trinajstić information content (AvgIpc) is 3.75. The van der Waals surface area contributed by atoms with E-state index in [1.165, 1.54) is 54.7 Å². The Morgan fingerprint density at radius 1 is 0.553 bits per heavy atom. The maximum absolute atomic E-state index is 6.84. The van der Waals surface area contributed by atoms with Crippen molar-refractivity contribution in [2.45, 2.75) is 6.54 Å². The van der Waals surface area contributed by atoms with E-state index in [4.69, 9.17) is 4.42 Å². The molecule has 3 aromatic heterocycles. The second-order valence-corrected chi connectivity index (χ2v) is 12.4. The summed E-state index contributed by atoms with van der Waals surface area (Å²) in [5, 5.41) is 6.08. The number of furan rings is 1. The van der Waals surface area contributed by atoms with Gasteiger partial charge in [0.2, 0.25) is 0 Å². The molecule has 0 unspecified atom stereocenters. The summed E-state index contributed by atoms with van der Waals surface area (Å²) in [7, 11) is 4.25. The molecular weight excluding hydrogens is 574 g/mol. The van der Waals surface area contributed by atoms with E-state index in [0.29, 0.717) is 6.54 Å². The average molecular weight is 608 g/mol. The van der Waals surface area contributed by atoms with Gasteiger partial charge in [-0.15, -0.1) is 0 Å². The number of rotatable bonds is 6. The Morgan fingerprint density at radius 2 is 1.06 bits per heavy atom. The molecule has 226 valence electrons. The van der Waals surface area contributed by atoms with E-state index in [-0.39, 0.29) is 0 Å². The van der Waals surface area contributed by atoms with Crippen LogP contribution in [0.2, 0.25) is 0 Å². The standard InChI is InChI=1S/C43H33N3O/c1-44(2)43(46-39-22-12-8-18-33(39)34-19-9-13-23-40(34)46)27-36-35-26-30(29-14-4-3-5-15-29)24-25-41(35)47-42(36)28-45-37-20-10-6-16-31(37)32-17-7-11-21-38(32)45/h3-27H,28H2,1-2H3/b43-27+. The third-order valence-electron chi connectivity index (χ3n) is 9.43. The summed E-state index contributed by atoms with van der Waals surface area (Å²) >= 11 is 0. The highest BCUT2D eigenvalue weighted by atomic mass is 16.3. The van der Waals surface area contributed by atoms with Crippen molar-refractivity contribution in [1.82, 2.24) is 14.0 Å². The van der Waals surface area contributed by atoms with Crippen LogP contribution >= 0.6 is 0 Å². The van der Waals surface area contributed by atoms with Crippen molar-refractivity contribution in [1.29, 1.82) is 0 Å². The number of hydrogen-bond acceptors (Lipinski definition) is 2. The van der Waals surface area contributed by atoms with Crippen LogP contribution in [-0.4, -0.2) is 28.1 Å². The minimum absolute atomic E-state index is 0.600. The molecule has 0 bridgehead atoms. The van der Waals surface area contributed by atoms with Gasteiger partial charge in [-0.05, 0) is 53.6 Å². The third-order valence-corrected chi connectivity index (χ3v) is 9.43.